The Kier molecular flexibility index (Phi) is 5.81. The van der Waals surface area contributed by atoms with Crippen LogP contribution in [0.2, 0.25) is 0 Å². The van der Waals surface area contributed by atoms with Gasteiger partial charge in [-0.05, 0) is 11.1 Å². The van der Waals surface area contributed by atoms with E-state index < -0.39 is 0 Å². The normalized spacial score (nSPS) is 16.1. The van der Waals surface area contributed by atoms with Crippen LogP contribution in [0.3, 0.4) is 0 Å². The number of hydrogen-bond donors (Lipinski definition) is 0. The zero-order valence-electron chi connectivity index (χ0n) is 17.8. The first-order valence-electron chi connectivity index (χ1n) is 10.9. The van der Waals surface area contributed by atoms with E-state index in [0.29, 0.717) is 37.5 Å². The summed E-state index contributed by atoms with van der Waals surface area (Å²) in [6, 6.07) is 30.2. The Morgan fingerprint density at radius 2 is 1.56 bits per heavy atom. The summed E-state index contributed by atoms with van der Waals surface area (Å²) < 4.78 is 7.83. The second-order valence-electron chi connectivity index (χ2n) is 7.96. The van der Waals surface area contributed by atoms with Crippen molar-refractivity contribution in [1.82, 2.24) is 14.7 Å². The lowest BCUT2D eigenvalue weighted by molar-refractivity contribution is -0.0228. The Balaban J connectivity index is 1.45. The third kappa shape index (κ3) is 4.34. The Morgan fingerprint density at radius 3 is 2.28 bits per heavy atom. The van der Waals surface area contributed by atoms with Crippen molar-refractivity contribution >= 4 is 5.91 Å². The van der Waals surface area contributed by atoms with Crippen molar-refractivity contribution in [2.75, 3.05) is 19.7 Å². The van der Waals surface area contributed by atoms with Crippen molar-refractivity contribution in [2.24, 2.45) is 0 Å². The number of benzene rings is 3. The van der Waals surface area contributed by atoms with E-state index in [9.17, 15) is 4.79 Å². The molecule has 1 fully saturated rings. The quantitative estimate of drug-likeness (QED) is 0.463. The Bertz CT molecular complexity index is 1170. The number of carbonyl (C=O) groups is 1. The lowest BCUT2D eigenvalue weighted by Gasteiger charge is -2.33. The van der Waals surface area contributed by atoms with Gasteiger partial charge >= 0.3 is 0 Å². The highest BCUT2D eigenvalue weighted by Gasteiger charge is 2.29. The summed E-state index contributed by atoms with van der Waals surface area (Å²) in [7, 11) is 0. The Labute approximate surface area is 187 Å². The molecule has 1 unspecified atom stereocenters. The maximum absolute atomic E-state index is 13.7. The average Bonchev–Trinajstić information content (AvgIpc) is 3.29. The maximum Gasteiger partial charge on any atom is 0.257 e. The zero-order chi connectivity index (χ0) is 21.8. The van der Waals surface area contributed by atoms with Crippen LogP contribution in [0.1, 0.15) is 27.6 Å². The molecule has 1 atom stereocenters. The van der Waals surface area contributed by atoms with Gasteiger partial charge in [0.25, 0.3) is 5.91 Å². The van der Waals surface area contributed by atoms with Gasteiger partial charge in [0.2, 0.25) is 0 Å². The largest absolute Gasteiger partial charge is 0.370 e. The van der Waals surface area contributed by atoms with Gasteiger partial charge in [0.1, 0.15) is 11.8 Å². The fraction of sp³-hybridized carbons (Fsp3) is 0.185. The molecule has 1 aliphatic heterocycles. The molecule has 0 aliphatic carbocycles. The summed E-state index contributed by atoms with van der Waals surface area (Å²) in [4.78, 5) is 15.5. The van der Waals surface area contributed by atoms with Gasteiger partial charge in [-0.15, -0.1) is 0 Å². The molecule has 1 aromatic heterocycles. The third-order valence-corrected chi connectivity index (χ3v) is 5.75. The standard InChI is InChI=1S/C27H25N3O2/c31-27(29-16-17-32-25(20-29)22-12-6-2-7-13-22)24-19-30(18-21-10-4-1-5-11-21)28-26(24)23-14-8-3-9-15-23/h1-15,19,25H,16-18,20H2. The lowest BCUT2D eigenvalue weighted by atomic mass is 10.1. The van der Waals surface area contributed by atoms with Gasteiger partial charge in [-0.1, -0.05) is 91.0 Å². The molecular weight excluding hydrogens is 398 g/mol. The summed E-state index contributed by atoms with van der Waals surface area (Å²) in [6.45, 7) is 2.23. The molecule has 5 rings (SSSR count). The lowest BCUT2D eigenvalue weighted by Crippen LogP contribution is -2.42. The van der Waals surface area contributed by atoms with Crippen molar-refractivity contribution in [3.05, 3.63) is 114 Å². The molecule has 1 saturated heterocycles. The van der Waals surface area contributed by atoms with Gasteiger partial charge in [-0.25, -0.2) is 0 Å². The minimum absolute atomic E-state index is 0.00704. The topological polar surface area (TPSA) is 47.4 Å². The van der Waals surface area contributed by atoms with Crippen LogP contribution in [-0.2, 0) is 11.3 Å². The average molecular weight is 424 g/mol. The summed E-state index contributed by atoms with van der Waals surface area (Å²) >= 11 is 0. The molecule has 4 aromatic rings. The van der Waals surface area contributed by atoms with Crippen molar-refractivity contribution in [3.63, 3.8) is 0 Å². The van der Waals surface area contributed by atoms with Crippen LogP contribution < -0.4 is 0 Å². The molecule has 5 heteroatoms. The fourth-order valence-corrected chi connectivity index (χ4v) is 4.11. The number of hydrogen-bond acceptors (Lipinski definition) is 3. The first-order valence-corrected chi connectivity index (χ1v) is 10.9. The van der Waals surface area contributed by atoms with Crippen molar-refractivity contribution < 1.29 is 9.53 Å². The molecule has 32 heavy (non-hydrogen) atoms. The number of carbonyl (C=O) groups excluding carboxylic acids is 1. The molecule has 3 aromatic carbocycles. The smallest absolute Gasteiger partial charge is 0.257 e. The minimum Gasteiger partial charge on any atom is -0.370 e. The van der Waals surface area contributed by atoms with Gasteiger partial charge < -0.3 is 9.64 Å². The van der Waals surface area contributed by atoms with E-state index in [1.54, 1.807) is 0 Å². The maximum atomic E-state index is 13.7. The molecule has 0 saturated carbocycles. The monoisotopic (exact) mass is 423 g/mol. The molecule has 0 radical (unpaired) electrons. The molecule has 0 spiro atoms. The summed E-state index contributed by atoms with van der Waals surface area (Å²) in [6.07, 6.45) is 1.76. The van der Waals surface area contributed by atoms with E-state index in [1.807, 2.05) is 94.6 Å². The van der Waals surface area contributed by atoms with Gasteiger partial charge in [0.15, 0.2) is 0 Å². The van der Waals surface area contributed by atoms with E-state index in [-0.39, 0.29) is 12.0 Å². The summed E-state index contributed by atoms with van der Waals surface area (Å²) in [5.74, 6) is -0.00704. The van der Waals surface area contributed by atoms with E-state index in [1.165, 1.54) is 0 Å². The first-order chi connectivity index (χ1) is 15.8. The fourth-order valence-electron chi connectivity index (χ4n) is 4.11. The van der Waals surface area contributed by atoms with Crippen LogP contribution in [0.25, 0.3) is 11.3 Å². The summed E-state index contributed by atoms with van der Waals surface area (Å²) in [5, 5.41) is 4.81. The molecule has 5 nitrogen and oxygen atoms in total. The van der Waals surface area contributed by atoms with Gasteiger partial charge in [-0.3, -0.25) is 9.48 Å². The number of aromatic nitrogens is 2. The number of nitrogens with zero attached hydrogens (tertiary/aromatic N) is 3. The highest BCUT2D eigenvalue weighted by molar-refractivity contribution is 5.99. The predicted molar refractivity (Wildman–Crippen MR) is 124 cm³/mol. The predicted octanol–water partition coefficient (Wildman–Crippen LogP) is 4.81. The molecule has 0 N–H and O–H groups in total. The number of rotatable bonds is 5. The Morgan fingerprint density at radius 1 is 0.906 bits per heavy atom. The second kappa shape index (κ2) is 9.20. The molecule has 1 aliphatic rings. The number of morpholine rings is 1. The van der Waals surface area contributed by atoms with E-state index in [2.05, 4.69) is 12.1 Å². The zero-order valence-corrected chi connectivity index (χ0v) is 17.8. The molecule has 1 amide bonds. The third-order valence-electron chi connectivity index (χ3n) is 5.75. The van der Waals surface area contributed by atoms with Crippen LogP contribution in [-0.4, -0.2) is 40.3 Å². The highest BCUT2D eigenvalue weighted by Crippen LogP contribution is 2.27. The molecule has 2 heterocycles. The summed E-state index contributed by atoms with van der Waals surface area (Å²) in [5.41, 5.74) is 4.52. The number of amides is 1. The van der Waals surface area contributed by atoms with Crippen LogP contribution >= 0.6 is 0 Å². The molecule has 0 bridgehead atoms. The van der Waals surface area contributed by atoms with E-state index in [0.717, 1.165) is 16.7 Å². The van der Waals surface area contributed by atoms with Crippen molar-refractivity contribution in [1.29, 1.82) is 0 Å². The second-order valence-corrected chi connectivity index (χ2v) is 7.96. The van der Waals surface area contributed by atoms with Gasteiger partial charge in [0.05, 0.1) is 25.3 Å². The van der Waals surface area contributed by atoms with E-state index >= 15 is 0 Å². The van der Waals surface area contributed by atoms with E-state index in [4.69, 9.17) is 9.84 Å². The van der Waals surface area contributed by atoms with Crippen LogP contribution in [0, 0.1) is 0 Å². The molecular formula is C27H25N3O2. The van der Waals surface area contributed by atoms with Crippen molar-refractivity contribution in [2.45, 2.75) is 12.6 Å². The SMILES string of the molecule is O=C(c1cn(Cc2ccccc2)nc1-c1ccccc1)N1CCOC(c2ccccc2)C1. The van der Waals surface area contributed by atoms with Crippen LogP contribution in [0.5, 0.6) is 0 Å². The number of ether oxygens (including phenoxy) is 1. The van der Waals surface area contributed by atoms with Crippen LogP contribution in [0.4, 0.5) is 0 Å². The van der Waals surface area contributed by atoms with Gasteiger partial charge in [-0.2, -0.15) is 5.10 Å². The highest BCUT2D eigenvalue weighted by atomic mass is 16.5. The Hall–Kier alpha value is -3.70. The first kappa shape index (κ1) is 20.2. The molecule has 160 valence electrons. The van der Waals surface area contributed by atoms with Crippen LogP contribution in [0.15, 0.2) is 97.2 Å². The van der Waals surface area contributed by atoms with Gasteiger partial charge in [0, 0.05) is 18.3 Å². The van der Waals surface area contributed by atoms with Crippen molar-refractivity contribution in [3.8, 4) is 11.3 Å². The minimum atomic E-state index is -0.117.